The van der Waals surface area contributed by atoms with Crippen LogP contribution >= 0.6 is 23.5 Å². The van der Waals surface area contributed by atoms with Crippen molar-refractivity contribution in [3.8, 4) is 0 Å². The summed E-state index contributed by atoms with van der Waals surface area (Å²) in [5, 5.41) is 0. The number of unbranched alkanes of at least 4 members (excludes halogenated alkanes) is 1. The number of thioether (sulfide) groups is 2. The van der Waals surface area contributed by atoms with E-state index in [9.17, 15) is 9.59 Å². The molecule has 0 saturated heterocycles. The number of hydrogen-bond acceptors (Lipinski definition) is 5. The molecule has 0 saturated carbocycles. The molecule has 76 valence electrons. The van der Waals surface area contributed by atoms with Crippen LogP contribution in [0.25, 0.3) is 0 Å². The molecule has 0 fully saturated rings. The third kappa shape index (κ3) is 8.18. The highest BCUT2D eigenvalue weighted by atomic mass is 32.2. The minimum Gasteiger partial charge on any atom is -0.468 e. The van der Waals surface area contributed by atoms with Crippen molar-refractivity contribution in [3.63, 3.8) is 0 Å². The molecule has 0 amide bonds. The van der Waals surface area contributed by atoms with E-state index in [-0.39, 0.29) is 16.2 Å². The van der Waals surface area contributed by atoms with Crippen molar-refractivity contribution >= 4 is 33.9 Å². The minimum absolute atomic E-state index is 0.00106. The van der Waals surface area contributed by atoms with Crippen LogP contribution in [0.2, 0.25) is 0 Å². The van der Waals surface area contributed by atoms with Gasteiger partial charge in [-0.15, -0.1) is 0 Å². The lowest BCUT2D eigenvalue weighted by Crippen LogP contribution is -2.04. The van der Waals surface area contributed by atoms with E-state index in [1.165, 1.54) is 18.9 Å². The van der Waals surface area contributed by atoms with Gasteiger partial charge in [0.15, 0.2) is 0 Å². The summed E-state index contributed by atoms with van der Waals surface area (Å²) < 4.78 is 4.40. The summed E-state index contributed by atoms with van der Waals surface area (Å²) >= 11 is 2.28. The average Bonchev–Trinajstić information content (AvgIpc) is 2.14. The van der Waals surface area contributed by atoms with E-state index in [0.29, 0.717) is 0 Å². The zero-order valence-corrected chi connectivity index (χ0v) is 9.50. The molecule has 0 aliphatic rings. The number of hydrogen-bond donors (Lipinski definition) is 0. The first-order valence-corrected chi connectivity index (χ1v) is 6.04. The van der Waals surface area contributed by atoms with E-state index >= 15 is 0 Å². The van der Waals surface area contributed by atoms with Gasteiger partial charge in [0.1, 0.15) is 0 Å². The normalized spacial score (nSPS) is 9.69. The molecular weight excluding hydrogens is 208 g/mol. The first-order chi connectivity index (χ1) is 6.20. The fourth-order valence-electron chi connectivity index (χ4n) is 0.518. The van der Waals surface area contributed by atoms with Crippen LogP contribution in [0.4, 0.5) is 4.79 Å². The lowest BCUT2D eigenvalue weighted by Gasteiger charge is -1.98. The first kappa shape index (κ1) is 12.8. The summed E-state index contributed by atoms with van der Waals surface area (Å²) in [6, 6.07) is 0. The maximum Gasteiger partial charge on any atom is 0.316 e. The SMILES string of the molecule is CCCCSC(=O)SCC(=O)OC. The molecule has 0 atom stereocenters. The third-order valence-corrected chi connectivity index (χ3v) is 3.30. The van der Waals surface area contributed by atoms with E-state index in [1.807, 2.05) is 0 Å². The number of ether oxygens (including phenoxy) is 1. The predicted molar refractivity (Wildman–Crippen MR) is 57.2 cm³/mol. The van der Waals surface area contributed by atoms with Crippen LogP contribution in [0, 0.1) is 0 Å². The summed E-state index contributed by atoms with van der Waals surface area (Å²) in [6.45, 7) is 2.08. The van der Waals surface area contributed by atoms with Gasteiger partial charge in [0.25, 0.3) is 0 Å². The highest BCUT2D eigenvalue weighted by Crippen LogP contribution is 2.17. The van der Waals surface area contributed by atoms with Crippen LogP contribution in [-0.4, -0.2) is 29.0 Å². The molecule has 5 heteroatoms. The zero-order chi connectivity index (χ0) is 10.1. The maximum absolute atomic E-state index is 11.1. The summed E-state index contributed by atoms with van der Waals surface area (Å²) in [4.78, 5) is 21.7. The van der Waals surface area contributed by atoms with Crippen molar-refractivity contribution in [2.24, 2.45) is 0 Å². The third-order valence-electron chi connectivity index (χ3n) is 1.25. The van der Waals surface area contributed by atoms with E-state index in [0.717, 1.165) is 30.4 Å². The summed E-state index contributed by atoms with van der Waals surface area (Å²) in [6.07, 6.45) is 2.12. The predicted octanol–water partition coefficient (Wildman–Crippen LogP) is 2.55. The first-order valence-electron chi connectivity index (χ1n) is 4.07. The highest BCUT2D eigenvalue weighted by Gasteiger charge is 2.07. The largest absolute Gasteiger partial charge is 0.468 e. The second-order valence-corrected chi connectivity index (χ2v) is 4.59. The van der Waals surface area contributed by atoms with Gasteiger partial charge in [-0.1, -0.05) is 36.9 Å². The smallest absolute Gasteiger partial charge is 0.316 e. The van der Waals surface area contributed by atoms with Crippen molar-refractivity contribution in [3.05, 3.63) is 0 Å². The molecule has 0 aromatic heterocycles. The average molecular weight is 222 g/mol. The molecule has 0 heterocycles. The highest BCUT2D eigenvalue weighted by molar-refractivity contribution is 8.38. The van der Waals surface area contributed by atoms with Gasteiger partial charge in [-0.2, -0.15) is 0 Å². The van der Waals surface area contributed by atoms with Crippen LogP contribution < -0.4 is 0 Å². The fraction of sp³-hybridized carbons (Fsp3) is 0.750. The number of methoxy groups -OCH3 is 1. The molecule has 0 aliphatic carbocycles. The molecule has 0 unspecified atom stereocenters. The summed E-state index contributed by atoms with van der Waals surface area (Å²) in [7, 11) is 1.32. The fourth-order valence-corrected chi connectivity index (χ4v) is 2.23. The zero-order valence-electron chi connectivity index (χ0n) is 7.87. The minimum atomic E-state index is -0.352. The molecule has 0 aliphatic heterocycles. The van der Waals surface area contributed by atoms with E-state index < -0.39 is 0 Å². The van der Waals surface area contributed by atoms with Crippen molar-refractivity contribution in [1.29, 1.82) is 0 Å². The number of carbonyl (C=O) groups excluding carboxylic acids is 2. The Bertz CT molecular complexity index is 171. The molecule has 0 aromatic rings. The van der Waals surface area contributed by atoms with Gasteiger partial charge in [-0.25, -0.2) is 0 Å². The quantitative estimate of drug-likeness (QED) is 0.528. The van der Waals surface area contributed by atoms with Gasteiger partial charge < -0.3 is 4.74 Å². The summed E-state index contributed by atoms with van der Waals surface area (Å²) in [5.41, 5.74) is 0. The lowest BCUT2D eigenvalue weighted by atomic mass is 10.4. The Kier molecular flexibility index (Phi) is 8.33. The number of carbonyl (C=O) groups is 2. The Labute approximate surface area is 87.0 Å². The van der Waals surface area contributed by atoms with Crippen LogP contribution in [0.15, 0.2) is 0 Å². The molecule has 0 rings (SSSR count). The Hall–Kier alpha value is -0.160. The lowest BCUT2D eigenvalue weighted by molar-refractivity contribution is -0.137. The van der Waals surface area contributed by atoms with Crippen LogP contribution in [0.3, 0.4) is 0 Å². The van der Waals surface area contributed by atoms with Crippen LogP contribution in [0.5, 0.6) is 0 Å². The Morgan fingerprint density at radius 2 is 2.00 bits per heavy atom. The van der Waals surface area contributed by atoms with Crippen molar-refractivity contribution in [2.45, 2.75) is 19.8 Å². The molecule has 0 bridgehead atoms. The van der Waals surface area contributed by atoms with Crippen LogP contribution in [0.1, 0.15) is 19.8 Å². The molecule has 0 N–H and O–H groups in total. The Morgan fingerprint density at radius 3 is 2.54 bits per heavy atom. The number of esters is 1. The molecule has 3 nitrogen and oxygen atoms in total. The van der Waals surface area contributed by atoms with Crippen molar-refractivity contribution < 1.29 is 14.3 Å². The van der Waals surface area contributed by atoms with Crippen LogP contribution in [-0.2, 0) is 9.53 Å². The van der Waals surface area contributed by atoms with Crippen molar-refractivity contribution in [2.75, 3.05) is 18.6 Å². The Morgan fingerprint density at radius 1 is 1.31 bits per heavy atom. The van der Waals surface area contributed by atoms with Gasteiger partial charge in [0.05, 0.1) is 12.9 Å². The number of rotatable bonds is 5. The van der Waals surface area contributed by atoms with E-state index in [1.54, 1.807) is 0 Å². The van der Waals surface area contributed by atoms with Gasteiger partial charge >= 0.3 is 5.97 Å². The maximum atomic E-state index is 11.1. The molecule has 0 radical (unpaired) electrons. The van der Waals surface area contributed by atoms with Crippen molar-refractivity contribution in [1.82, 2.24) is 0 Å². The molecule has 0 spiro atoms. The monoisotopic (exact) mass is 222 g/mol. The molecule has 0 aromatic carbocycles. The van der Waals surface area contributed by atoms with E-state index in [2.05, 4.69) is 11.7 Å². The second-order valence-electron chi connectivity index (χ2n) is 2.32. The van der Waals surface area contributed by atoms with Gasteiger partial charge in [-0.05, 0) is 6.42 Å². The van der Waals surface area contributed by atoms with Gasteiger partial charge in [0, 0.05) is 5.75 Å². The summed E-state index contributed by atoms with van der Waals surface area (Å²) in [5.74, 6) is 0.604. The standard InChI is InChI=1S/C8H14O3S2/c1-3-4-5-12-8(10)13-6-7(9)11-2/h3-6H2,1-2H3. The molecule has 13 heavy (non-hydrogen) atoms. The van der Waals surface area contributed by atoms with E-state index in [4.69, 9.17) is 0 Å². The second kappa shape index (κ2) is 8.44. The van der Waals surface area contributed by atoms with Gasteiger partial charge in [-0.3, -0.25) is 9.59 Å². The van der Waals surface area contributed by atoms with Gasteiger partial charge in [0.2, 0.25) is 4.45 Å². The Balaban J connectivity index is 3.35. The topological polar surface area (TPSA) is 43.4 Å². The molecular formula is C8H14O3S2.